The van der Waals surface area contributed by atoms with Crippen molar-refractivity contribution in [1.29, 1.82) is 0 Å². The Morgan fingerprint density at radius 3 is 3.05 bits per heavy atom. The van der Waals surface area contributed by atoms with Crippen LogP contribution in [0, 0.1) is 6.92 Å². The fourth-order valence-corrected chi connectivity index (χ4v) is 2.29. The van der Waals surface area contributed by atoms with E-state index >= 15 is 0 Å². The van der Waals surface area contributed by atoms with Crippen LogP contribution in [0.15, 0.2) is 38.7 Å². The lowest BCUT2D eigenvalue weighted by Gasteiger charge is -1.93. The second-order valence-corrected chi connectivity index (χ2v) is 4.74. The van der Waals surface area contributed by atoms with E-state index in [1.54, 1.807) is 12.3 Å². The van der Waals surface area contributed by atoms with Crippen LogP contribution in [0.25, 0.3) is 0 Å². The summed E-state index contributed by atoms with van der Waals surface area (Å²) in [6.07, 6.45) is 1.60. The van der Waals surface area contributed by atoms with Gasteiger partial charge in [-0.25, -0.2) is 9.78 Å². The molecule has 2 aromatic rings. The standard InChI is InChI=1S/C12H9N5OS/c1-7-6-19-12(14-7)17-13-5-8-3-2-4-9-10(8)16-11(18)15-9/h2-6H,1H3,(H,14,17). The molecule has 6 nitrogen and oxygen atoms in total. The highest BCUT2D eigenvalue weighted by atomic mass is 32.1. The third-order valence-corrected chi connectivity index (χ3v) is 3.32. The predicted octanol–water partition coefficient (Wildman–Crippen LogP) is 1.27. The molecule has 2 heterocycles. The van der Waals surface area contributed by atoms with Crippen LogP contribution < -0.4 is 16.1 Å². The van der Waals surface area contributed by atoms with Crippen LogP contribution in [0.5, 0.6) is 0 Å². The monoisotopic (exact) mass is 271 g/mol. The fraction of sp³-hybridized carbons (Fsp3) is 0.0833. The van der Waals surface area contributed by atoms with Crippen molar-refractivity contribution < 1.29 is 4.79 Å². The molecular weight excluding hydrogens is 262 g/mol. The first-order valence-electron chi connectivity index (χ1n) is 5.54. The molecule has 0 saturated heterocycles. The van der Waals surface area contributed by atoms with E-state index < -0.39 is 6.03 Å². The number of fused-ring (bicyclic) bond motifs is 1. The number of hydrazone groups is 1. The maximum absolute atomic E-state index is 11.1. The molecule has 2 amide bonds. The number of para-hydroxylation sites is 1. The first-order chi connectivity index (χ1) is 9.22. The molecule has 0 saturated carbocycles. The maximum Gasteiger partial charge on any atom is 0.368 e. The molecule has 19 heavy (non-hydrogen) atoms. The van der Waals surface area contributed by atoms with Gasteiger partial charge in [0.2, 0.25) is 5.13 Å². The molecule has 0 spiro atoms. The molecule has 1 aliphatic heterocycles. The first-order valence-corrected chi connectivity index (χ1v) is 6.42. The van der Waals surface area contributed by atoms with E-state index in [9.17, 15) is 4.79 Å². The zero-order valence-electron chi connectivity index (χ0n) is 9.99. The molecule has 3 rings (SSSR count). The van der Waals surface area contributed by atoms with Gasteiger partial charge in [0, 0.05) is 10.9 Å². The van der Waals surface area contributed by atoms with Crippen molar-refractivity contribution in [3.63, 3.8) is 0 Å². The molecule has 0 fully saturated rings. The van der Waals surface area contributed by atoms with Crippen molar-refractivity contribution in [1.82, 2.24) is 4.98 Å². The Bertz CT molecular complexity index is 793. The number of nitrogens with zero attached hydrogens (tertiary/aromatic N) is 4. The number of nitrogens with one attached hydrogen (secondary N) is 1. The first kappa shape index (κ1) is 11.7. The van der Waals surface area contributed by atoms with Crippen molar-refractivity contribution >= 4 is 28.7 Å². The van der Waals surface area contributed by atoms with Gasteiger partial charge in [0.1, 0.15) is 5.36 Å². The summed E-state index contributed by atoms with van der Waals surface area (Å²) < 4.78 is 0. The van der Waals surface area contributed by atoms with E-state index in [0.29, 0.717) is 10.7 Å². The largest absolute Gasteiger partial charge is 0.368 e. The maximum atomic E-state index is 11.1. The second-order valence-electron chi connectivity index (χ2n) is 3.89. The van der Waals surface area contributed by atoms with Crippen LogP contribution in [0.4, 0.5) is 9.93 Å². The molecule has 0 aliphatic carbocycles. The topological polar surface area (TPSA) is 79.1 Å². The number of carbonyl (C=O) groups excluding carboxylic acids is 1. The summed E-state index contributed by atoms with van der Waals surface area (Å²) in [5, 5.41) is 7.89. The lowest BCUT2D eigenvalue weighted by atomic mass is 10.2. The number of carbonyl (C=O) groups is 1. The summed E-state index contributed by atoms with van der Waals surface area (Å²) >= 11 is 1.48. The number of hydrogen-bond acceptors (Lipinski definition) is 5. The molecular formula is C12H9N5OS. The molecule has 1 aliphatic rings. The number of aryl methyl sites for hydroxylation is 1. The van der Waals surface area contributed by atoms with Gasteiger partial charge in [-0.05, 0) is 13.0 Å². The molecule has 94 valence electrons. The average molecular weight is 271 g/mol. The van der Waals surface area contributed by atoms with E-state index in [1.807, 2.05) is 24.4 Å². The highest BCUT2D eigenvalue weighted by molar-refractivity contribution is 7.13. The Balaban J connectivity index is 1.86. The molecule has 7 heteroatoms. The third kappa shape index (κ3) is 2.41. The SMILES string of the molecule is Cc1csc(NN=Cc2cccc3c2=NC(=O)N=3)n1. The molecule has 1 aromatic heterocycles. The van der Waals surface area contributed by atoms with Crippen LogP contribution in [-0.4, -0.2) is 17.2 Å². The number of anilines is 1. The molecule has 0 unspecified atom stereocenters. The lowest BCUT2D eigenvalue weighted by Crippen LogP contribution is -2.25. The summed E-state index contributed by atoms with van der Waals surface area (Å²) in [6, 6.07) is 4.91. The Labute approximate surface area is 112 Å². The van der Waals surface area contributed by atoms with Crippen LogP contribution in [0.1, 0.15) is 11.3 Å². The second kappa shape index (κ2) is 4.69. The number of aromatic nitrogens is 1. The van der Waals surface area contributed by atoms with Crippen molar-refractivity contribution in [2.75, 3.05) is 5.43 Å². The third-order valence-electron chi connectivity index (χ3n) is 2.45. The Morgan fingerprint density at radius 2 is 2.26 bits per heavy atom. The summed E-state index contributed by atoms with van der Waals surface area (Å²) in [5.74, 6) is 0. The quantitative estimate of drug-likeness (QED) is 0.674. The van der Waals surface area contributed by atoms with Crippen LogP contribution >= 0.6 is 11.3 Å². The van der Waals surface area contributed by atoms with Gasteiger partial charge in [0.05, 0.1) is 17.3 Å². The van der Waals surface area contributed by atoms with E-state index in [0.717, 1.165) is 16.4 Å². The minimum atomic E-state index is -0.473. The minimum absolute atomic E-state index is 0.473. The Morgan fingerprint density at radius 1 is 1.37 bits per heavy atom. The van der Waals surface area contributed by atoms with Gasteiger partial charge >= 0.3 is 6.03 Å². The predicted molar refractivity (Wildman–Crippen MR) is 72.2 cm³/mol. The smallest absolute Gasteiger partial charge is 0.253 e. The number of amides is 2. The molecule has 0 radical (unpaired) electrons. The van der Waals surface area contributed by atoms with Gasteiger partial charge in [-0.1, -0.05) is 12.1 Å². The van der Waals surface area contributed by atoms with E-state index in [-0.39, 0.29) is 0 Å². The van der Waals surface area contributed by atoms with Gasteiger partial charge in [-0.3, -0.25) is 5.43 Å². The van der Waals surface area contributed by atoms with Gasteiger partial charge in [-0.15, -0.1) is 11.3 Å². The van der Waals surface area contributed by atoms with E-state index in [4.69, 9.17) is 0 Å². The molecule has 1 N–H and O–H groups in total. The zero-order chi connectivity index (χ0) is 13.2. The Hall–Kier alpha value is -2.41. The summed E-state index contributed by atoms with van der Waals surface area (Å²) in [7, 11) is 0. The van der Waals surface area contributed by atoms with Gasteiger partial charge < -0.3 is 0 Å². The minimum Gasteiger partial charge on any atom is -0.253 e. The van der Waals surface area contributed by atoms with E-state index in [1.165, 1.54) is 11.3 Å². The van der Waals surface area contributed by atoms with Crippen molar-refractivity contribution in [2.45, 2.75) is 6.92 Å². The molecule has 1 aromatic carbocycles. The van der Waals surface area contributed by atoms with Crippen molar-refractivity contribution in [3.8, 4) is 0 Å². The van der Waals surface area contributed by atoms with Crippen LogP contribution in [0.2, 0.25) is 0 Å². The number of rotatable bonds is 3. The fourth-order valence-electron chi connectivity index (χ4n) is 1.65. The number of hydrogen-bond donors (Lipinski definition) is 1. The van der Waals surface area contributed by atoms with Crippen LogP contribution in [-0.2, 0) is 0 Å². The van der Waals surface area contributed by atoms with Crippen LogP contribution in [0.3, 0.4) is 0 Å². The summed E-state index contributed by atoms with van der Waals surface area (Å²) in [5.41, 5.74) is 4.53. The highest BCUT2D eigenvalue weighted by Gasteiger charge is 2.07. The lowest BCUT2D eigenvalue weighted by molar-refractivity contribution is 0.256. The number of urea groups is 1. The van der Waals surface area contributed by atoms with Crippen molar-refractivity contribution in [2.24, 2.45) is 15.1 Å². The zero-order valence-corrected chi connectivity index (χ0v) is 10.8. The Kier molecular flexibility index (Phi) is 2.88. The van der Waals surface area contributed by atoms with Gasteiger partial charge in [-0.2, -0.15) is 15.1 Å². The van der Waals surface area contributed by atoms with Gasteiger partial charge in [0.15, 0.2) is 0 Å². The average Bonchev–Trinajstić information content (AvgIpc) is 2.95. The normalized spacial score (nSPS) is 13.2. The molecule has 0 atom stereocenters. The molecule has 0 bridgehead atoms. The van der Waals surface area contributed by atoms with E-state index in [2.05, 4.69) is 25.5 Å². The number of thiazole rings is 1. The van der Waals surface area contributed by atoms with Gasteiger partial charge in [0.25, 0.3) is 0 Å². The highest BCUT2D eigenvalue weighted by Crippen LogP contribution is 2.13. The number of benzene rings is 1. The summed E-state index contributed by atoms with van der Waals surface area (Å²) in [6.45, 7) is 1.92. The van der Waals surface area contributed by atoms with Crippen molar-refractivity contribution in [3.05, 3.63) is 45.6 Å². The summed E-state index contributed by atoms with van der Waals surface area (Å²) in [4.78, 5) is 23.0.